The molecule has 26 heavy (non-hydrogen) atoms. The Labute approximate surface area is 149 Å². The number of halogens is 1. The fourth-order valence-corrected chi connectivity index (χ4v) is 2.49. The van der Waals surface area contributed by atoms with Gasteiger partial charge in [-0.3, -0.25) is 4.79 Å². The number of rotatable bonds is 4. The van der Waals surface area contributed by atoms with Crippen molar-refractivity contribution in [1.82, 2.24) is 10.3 Å². The normalized spacial score (nSPS) is 10.8. The van der Waals surface area contributed by atoms with Crippen LogP contribution in [-0.4, -0.2) is 23.0 Å². The maximum atomic E-state index is 13.2. The molecule has 1 heterocycles. The summed E-state index contributed by atoms with van der Waals surface area (Å²) in [6, 6.07) is 12.4. The Hall–Kier alpha value is -3.35. The Morgan fingerprint density at radius 1 is 0.962 bits per heavy atom. The smallest absolute Gasteiger partial charge is 0.319 e. The van der Waals surface area contributed by atoms with Crippen LogP contribution in [0.1, 0.15) is 24.3 Å². The van der Waals surface area contributed by atoms with Gasteiger partial charge in [0.05, 0.1) is 0 Å². The van der Waals surface area contributed by atoms with E-state index in [1.165, 1.54) is 12.1 Å². The molecule has 0 aliphatic rings. The standard InChI is InChI=1S/C19H19FN4O2/c1-11(2)21-19(26)23-15-6-4-14(5-7-15)22-18(25)17-10-12-9-13(20)3-8-16(12)24-17/h3-11,24H,1-2H3,(H,22,25)(H2,21,23,26). The minimum atomic E-state index is -0.354. The molecule has 3 aromatic rings. The molecule has 134 valence electrons. The summed E-state index contributed by atoms with van der Waals surface area (Å²) < 4.78 is 13.2. The Morgan fingerprint density at radius 3 is 2.27 bits per heavy atom. The summed E-state index contributed by atoms with van der Waals surface area (Å²) in [6.07, 6.45) is 0. The van der Waals surface area contributed by atoms with Crippen molar-refractivity contribution < 1.29 is 14.0 Å². The van der Waals surface area contributed by atoms with E-state index < -0.39 is 0 Å². The fraction of sp³-hybridized carbons (Fsp3) is 0.158. The number of anilines is 2. The molecule has 4 N–H and O–H groups in total. The van der Waals surface area contributed by atoms with Gasteiger partial charge in [0, 0.05) is 28.3 Å². The van der Waals surface area contributed by atoms with Crippen molar-refractivity contribution in [3.8, 4) is 0 Å². The van der Waals surface area contributed by atoms with Crippen LogP contribution in [0.25, 0.3) is 10.9 Å². The molecule has 6 nitrogen and oxygen atoms in total. The molecule has 0 saturated heterocycles. The van der Waals surface area contributed by atoms with E-state index in [-0.39, 0.29) is 23.8 Å². The van der Waals surface area contributed by atoms with Crippen molar-refractivity contribution in [2.45, 2.75) is 19.9 Å². The SMILES string of the molecule is CC(C)NC(=O)Nc1ccc(NC(=O)c2cc3cc(F)ccc3[nH]2)cc1. The molecule has 0 aliphatic carbocycles. The highest BCUT2D eigenvalue weighted by Gasteiger charge is 2.11. The number of hydrogen-bond donors (Lipinski definition) is 4. The number of aromatic amines is 1. The van der Waals surface area contributed by atoms with E-state index in [2.05, 4.69) is 20.9 Å². The predicted octanol–water partition coefficient (Wildman–Crippen LogP) is 4.09. The van der Waals surface area contributed by atoms with E-state index in [1.807, 2.05) is 13.8 Å². The first-order valence-corrected chi connectivity index (χ1v) is 8.18. The zero-order chi connectivity index (χ0) is 18.7. The minimum Gasteiger partial charge on any atom is -0.351 e. The van der Waals surface area contributed by atoms with Gasteiger partial charge in [0.25, 0.3) is 5.91 Å². The summed E-state index contributed by atoms with van der Waals surface area (Å²) in [5.41, 5.74) is 2.22. The van der Waals surface area contributed by atoms with Crippen LogP contribution in [-0.2, 0) is 0 Å². The first-order valence-electron chi connectivity index (χ1n) is 8.18. The number of amides is 3. The number of hydrogen-bond acceptors (Lipinski definition) is 2. The maximum absolute atomic E-state index is 13.2. The van der Waals surface area contributed by atoms with Gasteiger partial charge in [0.15, 0.2) is 0 Å². The molecule has 0 spiro atoms. The molecular formula is C19H19FN4O2. The highest BCUT2D eigenvalue weighted by atomic mass is 19.1. The van der Waals surface area contributed by atoms with Gasteiger partial charge >= 0.3 is 6.03 Å². The van der Waals surface area contributed by atoms with E-state index in [4.69, 9.17) is 0 Å². The van der Waals surface area contributed by atoms with Crippen LogP contribution in [0.5, 0.6) is 0 Å². The molecule has 2 aromatic carbocycles. The van der Waals surface area contributed by atoms with Gasteiger partial charge in [-0.1, -0.05) is 0 Å². The van der Waals surface area contributed by atoms with Crippen molar-refractivity contribution in [2.75, 3.05) is 10.6 Å². The third-order valence-electron chi connectivity index (χ3n) is 3.65. The molecular weight excluding hydrogens is 335 g/mol. The molecule has 0 unspecified atom stereocenters. The first-order chi connectivity index (χ1) is 12.4. The highest BCUT2D eigenvalue weighted by molar-refractivity contribution is 6.06. The van der Waals surface area contributed by atoms with Crippen molar-refractivity contribution in [2.24, 2.45) is 0 Å². The third-order valence-corrected chi connectivity index (χ3v) is 3.65. The van der Waals surface area contributed by atoms with Crippen LogP contribution in [0.2, 0.25) is 0 Å². The second-order valence-electron chi connectivity index (χ2n) is 6.20. The summed E-state index contributed by atoms with van der Waals surface area (Å²) in [5.74, 6) is -0.687. The molecule has 0 bridgehead atoms. The van der Waals surface area contributed by atoms with Gasteiger partial charge in [-0.15, -0.1) is 0 Å². The Morgan fingerprint density at radius 2 is 1.62 bits per heavy atom. The average molecular weight is 354 g/mol. The average Bonchev–Trinajstić information content (AvgIpc) is 2.99. The van der Waals surface area contributed by atoms with Crippen LogP contribution >= 0.6 is 0 Å². The molecule has 0 fully saturated rings. The van der Waals surface area contributed by atoms with E-state index in [0.717, 1.165) is 0 Å². The van der Waals surface area contributed by atoms with Crippen LogP contribution in [0, 0.1) is 5.82 Å². The molecule has 0 radical (unpaired) electrons. The number of benzene rings is 2. The molecule has 0 aliphatic heterocycles. The summed E-state index contributed by atoms with van der Waals surface area (Å²) in [7, 11) is 0. The molecule has 3 amide bonds. The largest absolute Gasteiger partial charge is 0.351 e. The first kappa shape index (κ1) is 17.5. The number of H-pyrrole nitrogens is 1. The van der Waals surface area contributed by atoms with Crippen molar-refractivity contribution in [3.05, 3.63) is 60.0 Å². The van der Waals surface area contributed by atoms with Crippen LogP contribution in [0.3, 0.4) is 0 Å². The number of aromatic nitrogens is 1. The predicted molar refractivity (Wildman–Crippen MR) is 99.9 cm³/mol. The zero-order valence-electron chi connectivity index (χ0n) is 14.4. The molecule has 1 aromatic heterocycles. The van der Waals surface area contributed by atoms with Crippen molar-refractivity contribution in [1.29, 1.82) is 0 Å². The quantitative estimate of drug-likeness (QED) is 0.569. The number of nitrogens with one attached hydrogen (secondary N) is 4. The fourth-order valence-electron chi connectivity index (χ4n) is 2.49. The number of fused-ring (bicyclic) bond motifs is 1. The summed E-state index contributed by atoms with van der Waals surface area (Å²) in [6.45, 7) is 3.74. The zero-order valence-corrected chi connectivity index (χ0v) is 14.4. The number of carbonyl (C=O) groups is 2. The topological polar surface area (TPSA) is 86.0 Å². The maximum Gasteiger partial charge on any atom is 0.319 e. The van der Waals surface area contributed by atoms with Crippen molar-refractivity contribution in [3.63, 3.8) is 0 Å². The Balaban J connectivity index is 1.66. The lowest BCUT2D eigenvalue weighted by molar-refractivity contribution is 0.102. The summed E-state index contributed by atoms with van der Waals surface area (Å²) >= 11 is 0. The molecule has 3 rings (SSSR count). The van der Waals surface area contributed by atoms with Gasteiger partial charge in [0.1, 0.15) is 11.5 Å². The molecule has 0 atom stereocenters. The second-order valence-corrected chi connectivity index (χ2v) is 6.20. The van der Waals surface area contributed by atoms with E-state index in [9.17, 15) is 14.0 Å². The summed E-state index contributed by atoms with van der Waals surface area (Å²) in [4.78, 5) is 26.9. The van der Waals surface area contributed by atoms with Crippen molar-refractivity contribution >= 4 is 34.2 Å². The van der Waals surface area contributed by atoms with Gasteiger partial charge in [-0.2, -0.15) is 0 Å². The van der Waals surface area contributed by atoms with Gasteiger partial charge in [-0.05, 0) is 62.4 Å². The molecule has 0 saturated carbocycles. The second kappa shape index (κ2) is 7.26. The van der Waals surface area contributed by atoms with Crippen LogP contribution in [0.15, 0.2) is 48.5 Å². The van der Waals surface area contributed by atoms with E-state index in [1.54, 1.807) is 36.4 Å². The monoisotopic (exact) mass is 354 g/mol. The lowest BCUT2D eigenvalue weighted by Gasteiger charge is -2.10. The number of carbonyl (C=O) groups excluding carboxylic acids is 2. The van der Waals surface area contributed by atoms with Crippen LogP contribution < -0.4 is 16.0 Å². The van der Waals surface area contributed by atoms with Gasteiger partial charge in [-0.25, -0.2) is 9.18 Å². The minimum absolute atomic E-state index is 0.0401. The molecule has 7 heteroatoms. The third kappa shape index (κ3) is 4.18. The summed E-state index contributed by atoms with van der Waals surface area (Å²) in [5, 5.41) is 8.81. The lowest BCUT2D eigenvalue weighted by atomic mass is 10.2. The van der Waals surface area contributed by atoms with E-state index in [0.29, 0.717) is 28.0 Å². The Bertz CT molecular complexity index is 948. The van der Waals surface area contributed by atoms with Gasteiger partial charge < -0.3 is 20.9 Å². The Kier molecular flexibility index (Phi) is 4.88. The highest BCUT2D eigenvalue weighted by Crippen LogP contribution is 2.19. The van der Waals surface area contributed by atoms with E-state index >= 15 is 0 Å². The number of urea groups is 1. The van der Waals surface area contributed by atoms with Crippen LogP contribution in [0.4, 0.5) is 20.6 Å². The van der Waals surface area contributed by atoms with Gasteiger partial charge in [0.2, 0.25) is 0 Å². The lowest BCUT2D eigenvalue weighted by Crippen LogP contribution is -2.34.